The van der Waals surface area contributed by atoms with Crippen molar-refractivity contribution in [2.24, 2.45) is 5.92 Å². The Bertz CT molecular complexity index is 273. The van der Waals surface area contributed by atoms with Crippen LogP contribution in [0.3, 0.4) is 0 Å². The van der Waals surface area contributed by atoms with E-state index in [0.29, 0.717) is 12.1 Å². The van der Waals surface area contributed by atoms with Crippen LogP contribution in [0, 0.1) is 5.92 Å². The third-order valence-corrected chi connectivity index (χ3v) is 4.41. The summed E-state index contributed by atoms with van der Waals surface area (Å²) in [6, 6.07) is 1.27. The van der Waals surface area contributed by atoms with E-state index in [1.807, 2.05) is 0 Å². The molecule has 0 bridgehead atoms. The smallest absolute Gasteiger partial charge is 0.317 e. The van der Waals surface area contributed by atoms with Crippen LogP contribution in [-0.4, -0.2) is 29.6 Å². The molecular formula is C13H22N2O. The minimum absolute atomic E-state index is 0.221. The van der Waals surface area contributed by atoms with Gasteiger partial charge in [-0.2, -0.15) is 0 Å². The third-order valence-electron chi connectivity index (χ3n) is 4.41. The SMILES string of the molecule is O=C(NC1CC1)N1CCCC2CCCCC21. The number of hydrogen-bond donors (Lipinski definition) is 1. The van der Waals surface area contributed by atoms with E-state index in [9.17, 15) is 4.79 Å². The van der Waals surface area contributed by atoms with Gasteiger partial charge in [0.1, 0.15) is 0 Å². The van der Waals surface area contributed by atoms with Crippen molar-refractivity contribution < 1.29 is 4.79 Å². The van der Waals surface area contributed by atoms with E-state index in [-0.39, 0.29) is 6.03 Å². The lowest BCUT2D eigenvalue weighted by Crippen LogP contribution is -2.53. The molecule has 2 saturated carbocycles. The van der Waals surface area contributed by atoms with Crippen molar-refractivity contribution in [2.75, 3.05) is 6.54 Å². The molecule has 0 spiro atoms. The summed E-state index contributed by atoms with van der Waals surface area (Å²) in [7, 11) is 0. The van der Waals surface area contributed by atoms with Gasteiger partial charge in [0.15, 0.2) is 0 Å². The van der Waals surface area contributed by atoms with E-state index in [1.165, 1.54) is 51.4 Å². The molecule has 1 heterocycles. The first-order valence-electron chi connectivity index (χ1n) is 6.92. The summed E-state index contributed by atoms with van der Waals surface area (Å²) in [5.41, 5.74) is 0. The Hall–Kier alpha value is -0.730. The lowest BCUT2D eigenvalue weighted by atomic mass is 9.78. The number of nitrogens with zero attached hydrogens (tertiary/aromatic N) is 1. The molecule has 3 nitrogen and oxygen atoms in total. The molecule has 3 rings (SSSR count). The molecule has 0 aromatic carbocycles. The van der Waals surface area contributed by atoms with E-state index in [1.54, 1.807) is 0 Å². The van der Waals surface area contributed by atoms with Gasteiger partial charge < -0.3 is 10.2 Å². The Labute approximate surface area is 97.6 Å². The maximum Gasteiger partial charge on any atom is 0.317 e. The number of amides is 2. The molecule has 2 atom stereocenters. The molecule has 3 aliphatic rings. The van der Waals surface area contributed by atoms with Gasteiger partial charge in [-0.3, -0.25) is 0 Å². The van der Waals surface area contributed by atoms with Gasteiger partial charge in [0, 0.05) is 18.6 Å². The topological polar surface area (TPSA) is 32.3 Å². The fourth-order valence-corrected chi connectivity index (χ4v) is 3.36. The number of carbonyl (C=O) groups is 1. The molecule has 1 saturated heterocycles. The van der Waals surface area contributed by atoms with Crippen molar-refractivity contribution in [3.8, 4) is 0 Å². The highest BCUT2D eigenvalue weighted by Gasteiger charge is 2.37. The van der Waals surface area contributed by atoms with E-state index < -0.39 is 0 Å². The summed E-state index contributed by atoms with van der Waals surface area (Å²) in [5, 5.41) is 3.14. The average molecular weight is 222 g/mol. The van der Waals surface area contributed by atoms with Crippen LogP contribution in [0.4, 0.5) is 4.79 Å². The summed E-state index contributed by atoms with van der Waals surface area (Å²) in [6.45, 7) is 0.986. The first kappa shape index (κ1) is 10.4. The van der Waals surface area contributed by atoms with Gasteiger partial charge in [-0.25, -0.2) is 4.79 Å². The van der Waals surface area contributed by atoms with Gasteiger partial charge in [0.2, 0.25) is 0 Å². The van der Waals surface area contributed by atoms with Crippen LogP contribution >= 0.6 is 0 Å². The van der Waals surface area contributed by atoms with Crippen molar-refractivity contribution in [2.45, 2.75) is 63.5 Å². The fraction of sp³-hybridized carbons (Fsp3) is 0.923. The summed E-state index contributed by atoms with van der Waals surface area (Å²) in [6.07, 6.45) is 10.2. The molecule has 16 heavy (non-hydrogen) atoms. The first-order chi connectivity index (χ1) is 7.84. The zero-order valence-corrected chi connectivity index (χ0v) is 9.95. The average Bonchev–Trinajstić information content (AvgIpc) is 3.12. The van der Waals surface area contributed by atoms with Crippen LogP contribution in [0.1, 0.15) is 51.4 Å². The molecule has 90 valence electrons. The van der Waals surface area contributed by atoms with Crippen LogP contribution in [-0.2, 0) is 0 Å². The Morgan fingerprint density at radius 3 is 2.56 bits per heavy atom. The maximum atomic E-state index is 12.1. The fourth-order valence-electron chi connectivity index (χ4n) is 3.36. The predicted molar refractivity (Wildman–Crippen MR) is 63.2 cm³/mol. The number of urea groups is 1. The number of nitrogens with one attached hydrogen (secondary N) is 1. The van der Waals surface area contributed by atoms with E-state index in [2.05, 4.69) is 10.2 Å². The van der Waals surface area contributed by atoms with E-state index in [0.717, 1.165) is 12.5 Å². The first-order valence-corrected chi connectivity index (χ1v) is 6.92. The molecule has 2 amide bonds. The Balaban J connectivity index is 1.64. The lowest BCUT2D eigenvalue weighted by Gasteiger charge is -2.44. The highest BCUT2D eigenvalue weighted by atomic mass is 16.2. The largest absolute Gasteiger partial charge is 0.335 e. The zero-order chi connectivity index (χ0) is 11.0. The van der Waals surface area contributed by atoms with Crippen LogP contribution in [0.5, 0.6) is 0 Å². The van der Waals surface area contributed by atoms with E-state index >= 15 is 0 Å². The molecule has 0 aromatic heterocycles. The summed E-state index contributed by atoms with van der Waals surface area (Å²) < 4.78 is 0. The molecule has 3 fully saturated rings. The maximum absolute atomic E-state index is 12.1. The molecule has 2 aliphatic carbocycles. The zero-order valence-electron chi connectivity index (χ0n) is 9.95. The summed E-state index contributed by atoms with van der Waals surface area (Å²) in [5.74, 6) is 0.799. The lowest BCUT2D eigenvalue weighted by molar-refractivity contribution is 0.0840. The monoisotopic (exact) mass is 222 g/mol. The van der Waals surface area contributed by atoms with Crippen molar-refractivity contribution in [1.82, 2.24) is 10.2 Å². The van der Waals surface area contributed by atoms with Gasteiger partial charge in [0.25, 0.3) is 0 Å². The van der Waals surface area contributed by atoms with Gasteiger partial charge in [-0.05, 0) is 44.4 Å². The Kier molecular flexibility index (Phi) is 2.78. The quantitative estimate of drug-likeness (QED) is 0.726. The standard InChI is InChI=1S/C13H22N2O/c16-13(14-11-7-8-11)15-9-3-5-10-4-1-2-6-12(10)15/h10-12H,1-9H2,(H,14,16). The predicted octanol–water partition coefficient (Wildman–Crippen LogP) is 2.51. The van der Waals surface area contributed by atoms with E-state index in [4.69, 9.17) is 0 Å². The molecule has 3 heteroatoms. The number of hydrogen-bond acceptors (Lipinski definition) is 1. The van der Waals surface area contributed by atoms with Crippen LogP contribution < -0.4 is 5.32 Å². The number of fused-ring (bicyclic) bond motifs is 1. The van der Waals surface area contributed by atoms with Gasteiger partial charge >= 0.3 is 6.03 Å². The second kappa shape index (κ2) is 4.27. The van der Waals surface area contributed by atoms with Crippen molar-refractivity contribution in [3.05, 3.63) is 0 Å². The molecule has 1 aliphatic heterocycles. The molecule has 0 radical (unpaired) electrons. The summed E-state index contributed by atoms with van der Waals surface area (Å²) >= 11 is 0. The molecule has 0 aromatic rings. The van der Waals surface area contributed by atoms with Crippen LogP contribution in [0.2, 0.25) is 0 Å². The van der Waals surface area contributed by atoms with Crippen molar-refractivity contribution in [1.29, 1.82) is 0 Å². The van der Waals surface area contributed by atoms with Crippen LogP contribution in [0.25, 0.3) is 0 Å². The molecule has 1 N–H and O–H groups in total. The Morgan fingerprint density at radius 2 is 1.75 bits per heavy atom. The third kappa shape index (κ3) is 2.04. The molecule has 2 unspecified atom stereocenters. The number of rotatable bonds is 1. The summed E-state index contributed by atoms with van der Waals surface area (Å²) in [4.78, 5) is 14.3. The number of carbonyl (C=O) groups excluding carboxylic acids is 1. The number of piperidine rings is 1. The van der Waals surface area contributed by atoms with Gasteiger partial charge in [-0.1, -0.05) is 12.8 Å². The van der Waals surface area contributed by atoms with Crippen LogP contribution in [0.15, 0.2) is 0 Å². The van der Waals surface area contributed by atoms with Crippen molar-refractivity contribution in [3.63, 3.8) is 0 Å². The normalized spacial score (nSPS) is 34.4. The van der Waals surface area contributed by atoms with Gasteiger partial charge in [-0.15, -0.1) is 0 Å². The highest BCUT2D eigenvalue weighted by Crippen LogP contribution is 2.35. The second-order valence-electron chi connectivity index (χ2n) is 5.67. The Morgan fingerprint density at radius 1 is 1.00 bits per heavy atom. The highest BCUT2D eigenvalue weighted by molar-refractivity contribution is 5.75. The van der Waals surface area contributed by atoms with Crippen molar-refractivity contribution >= 4 is 6.03 Å². The minimum Gasteiger partial charge on any atom is -0.335 e. The number of likely N-dealkylation sites (tertiary alicyclic amines) is 1. The minimum atomic E-state index is 0.221. The molecular weight excluding hydrogens is 200 g/mol. The second-order valence-corrected chi connectivity index (χ2v) is 5.67. The van der Waals surface area contributed by atoms with Gasteiger partial charge in [0.05, 0.1) is 0 Å².